The van der Waals surface area contributed by atoms with Gasteiger partial charge in [-0.2, -0.15) is 0 Å². The molecule has 4 rings (SSSR count). The molecule has 1 aliphatic carbocycles. The first-order valence-corrected chi connectivity index (χ1v) is 5.51. The van der Waals surface area contributed by atoms with Crippen molar-refractivity contribution < 1.29 is 9.90 Å². The number of fused-ring (bicyclic) bond motifs is 3. The van der Waals surface area contributed by atoms with Crippen LogP contribution in [0, 0.1) is 5.92 Å². The van der Waals surface area contributed by atoms with E-state index in [0.29, 0.717) is 29.1 Å². The van der Waals surface area contributed by atoms with Gasteiger partial charge >= 0.3 is 5.97 Å². The van der Waals surface area contributed by atoms with Crippen LogP contribution in [0.1, 0.15) is 18.2 Å². The Kier molecular flexibility index (Phi) is 1.60. The fraction of sp³-hybridized carbons (Fsp3) is 0.300. The highest BCUT2D eigenvalue weighted by atomic mass is 16.4. The Morgan fingerprint density at radius 1 is 1.44 bits per heavy atom. The van der Waals surface area contributed by atoms with Crippen molar-refractivity contribution in [2.45, 2.75) is 12.3 Å². The maximum atomic E-state index is 10.9. The van der Waals surface area contributed by atoms with Gasteiger partial charge in [-0.1, -0.05) is 0 Å². The van der Waals surface area contributed by atoms with E-state index in [-0.39, 0.29) is 11.8 Å². The lowest BCUT2D eigenvalue weighted by molar-refractivity contribution is -0.138. The second-order valence-corrected chi connectivity index (χ2v) is 4.38. The average Bonchev–Trinajstić information content (AvgIpc) is 2.84. The molecule has 0 aliphatic heterocycles. The van der Waals surface area contributed by atoms with E-state index in [4.69, 9.17) is 5.11 Å². The molecule has 8 nitrogen and oxygen atoms in total. The molecule has 3 aromatic heterocycles. The normalized spacial score (nSPS) is 22.7. The number of carbonyl (C=O) groups is 1. The molecule has 3 aromatic rings. The van der Waals surface area contributed by atoms with E-state index in [1.54, 1.807) is 17.1 Å². The molecular weight excluding hydrogens is 236 g/mol. The average molecular weight is 244 g/mol. The molecule has 18 heavy (non-hydrogen) atoms. The van der Waals surface area contributed by atoms with Gasteiger partial charge in [0.2, 0.25) is 0 Å². The van der Waals surface area contributed by atoms with Crippen molar-refractivity contribution in [2.24, 2.45) is 5.92 Å². The minimum absolute atomic E-state index is 0.0697. The van der Waals surface area contributed by atoms with Crippen LogP contribution in [0.3, 0.4) is 0 Å². The van der Waals surface area contributed by atoms with Crippen molar-refractivity contribution in [1.29, 1.82) is 0 Å². The number of hydrogen-bond donors (Lipinski definition) is 2. The van der Waals surface area contributed by atoms with E-state index in [1.807, 2.05) is 0 Å². The SMILES string of the molecule is O=C(O)C1CC1c1nnc2c3[nH]cnc3ncn12. The number of rotatable bonds is 2. The molecular formula is C10H8N6O2. The maximum Gasteiger partial charge on any atom is 0.307 e. The Balaban J connectivity index is 1.90. The number of aromatic amines is 1. The molecule has 8 heteroatoms. The van der Waals surface area contributed by atoms with Crippen LogP contribution in [0.25, 0.3) is 16.8 Å². The quantitative estimate of drug-likeness (QED) is 0.666. The van der Waals surface area contributed by atoms with Gasteiger partial charge in [-0.25, -0.2) is 9.97 Å². The Morgan fingerprint density at radius 3 is 3.11 bits per heavy atom. The summed E-state index contributed by atoms with van der Waals surface area (Å²) in [5.74, 6) is -0.553. The van der Waals surface area contributed by atoms with Crippen LogP contribution in [0.15, 0.2) is 12.7 Å². The van der Waals surface area contributed by atoms with Crippen LogP contribution >= 0.6 is 0 Å². The third-order valence-electron chi connectivity index (χ3n) is 3.30. The highest BCUT2D eigenvalue weighted by Gasteiger charge is 2.47. The van der Waals surface area contributed by atoms with Crippen molar-refractivity contribution in [1.82, 2.24) is 29.5 Å². The summed E-state index contributed by atoms with van der Waals surface area (Å²) in [4.78, 5) is 22.1. The van der Waals surface area contributed by atoms with Crippen LogP contribution in [-0.4, -0.2) is 40.6 Å². The summed E-state index contributed by atoms with van der Waals surface area (Å²) in [5.41, 5.74) is 1.92. The van der Waals surface area contributed by atoms with Crippen molar-refractivity contribution in [3.8, 4) is 0 Å². The number of carboxylic acids is 1. The fourth-order valence-electron chi connectivity index (χ4n) is 2.26. The van der Waals surface area contributed by atoms with Crippen molar-refractivity contribution in [2.75, 3.05) is 0 Å². The van der Waals surface area contributed by atoms with Crippen molar-refractivity contribution in [3.63, 3.8) is 0 Å². The lowest BCUT2D eigenvalue weighted by atomic mass is 10.3. The predicted octanol–water partition coefficient (Wildman–Crippen LogP) is 0.189. The molecule has 1 fully saturated rings. The van der Waals surface area contributed by atoms with E-state index in [9.17, 15) is 4.79 Å². The Hall–Kier alpha value is -2.51. The zero-order valence-corrected chi connectivity index (χ0v) is 9.11. The number of carboxylic acid groups (broad SMARTS) is 1. The molecule has 90 valence electrons. The van der Waals surface area contributed by atoms with Gasteiger partial charge in [-0.05, 0) is 6.42 Å². The zero-order chi connectivity index (χ0) is 12.3. The molecule has 0 spiro atoms. The lowest BCUT2D eigenvalue weighted by Gasteiger charge is -1.97. The topological polar surface area (TPSA) is 109 Å². The largest absolute Gasteiger partial charge is 0.481 e. The number of aliphatic carboxylic acids is 1. The Bertz CT molecular complexity index is 775. The van der Waals surface area contributed by atoms with Gasteiger partial charge in [0.15, 0.2) is 11.3 Å². The number of imidazole rings is 1. The third-order valence-corrected chi connectivity index (χ3v) is 3.30. The molecule has 1 aliphatic rings. The first-order valence-electron chi connectivity index (χ1n) is 5.51. The van der Waals surface area contributed by atoms with E-state index >= 15 is 0 Å². The molecule has 1 saturated carbocycles. The summed E-state index contributed by atoms with van der Waals surface area (Å²) >= 11 is 0. The minimum atomic E-state index is -0.785. The van der Waals surface area contributed by atoms with Gasteiger partial charge in [0, 0.05) is 5.92 Å². The molecule has 2 atom stereocenters. The number of H-pyrrole nitrogens is 1. The first-order chi connectivity index (χ1) is 8.75. The number of aromatic nitrogens is 6. The van der Waals surface area contributed by atoms with Crippen LogP contribution < -0.4 is 0 Å². The van der Waals surface area contributed by atoms with E-state index in [1.165, 1.54) is 0 Å². The molecule has 0 bridgehead atoms. The van der Waals surface area contributed by atoms with Crippen LogP contribution in [0.5, 0.6) is 0 Å². The van der Waals surface area contributed by atoms with E-state index < -0.39 is 5.97 Å². The molecule has 2 N–H and O–H groups in total. The third kappa shape index (κ3) is 1.11. The molecule has 2 unspecified atom stereocenters. The van der Waals surface area contributed by atoms with Gasteiger partial charge in [0.05, 0.1) is 12.2 Å². The number of nitrogens with one attached hydrogen (secondary N) is 1. The lowest BCUT2D eigenvalue weighted by Crippen LogP contribution is -2.02. The summed E-state index contributed by atoms with van der Waals surface area (Å²) < 4.78 is 1.73. The Labute approximate surface area is 99.7 Å². The molecule has 0 saturated heterocycles. The second kappa shape index (κ2) is 3.03. The summed E-state index contributed by atoms with van der Waals surface area (Å²) in [7, 11) is 0. The summed E-state index contributed by atoms with van der Waals surface area (Å²) in [6.45, 7) is 0. The fourth-order valence-corrected chi connectivity index (χ4v) is 2.26. The zero-order valence-electron chi connectivity index (χ0n) is 9.11. The van der Waals surface area contributed by atoms with Gasteiger partial charge < -0.3 is 10.1 Å². The predicted molar refractivity (Wildman–Crippen MR) is 58.9 cm³/mol. The van der Waals surface area contributed by atoms with Crippen LogP contribution in [-0.2, 0) is 4.79 Å². The van der Waals surface area contributed by atoms with Crippen molar-refractivity contribution in [3.05, 3.63) is 18.5 Å². The molecule has 0 aromatic carbocycles. The van der Waals surface area contributed by atoms with E-state index in [2.05, 4.69) is 25.1 Å². The number of nitrogens with zero attached hydrogens (tertiary/aromatic N) is 5. The Morgan fingerprint density at radius 2 is 2.33 bits per heavy atom. The summed E-state index contributed by atoms with van der Waals surface area (Å²) in [6, 6.07) is 0. The van der Waals surface area contributed by atoms with Gasteiger partial charge in [0.1, 0.15) is 17.7 Å². The highest BCUT2D eigenvalue weighted by Crippen LogP contribution is 2.46. The van der Waals surface area contributed by atoms with Crippen molar-refractivity contribution >= 4 is 22.8 Å². The highest BCUT2D eigenvalue weighted by molar-refractivity contribution is 5.84. The minimum Gasteiger partial charge on any atom is -0.481 e. The molecule has 0 radical (unpaired) electrons. The standard InChI is InChI=1S/C10H8N6O2/c17-10(18)5-1-4(5)8-14-15-9-6-7(12-2-11-6)13-3-16(8)9/h2-5H,1H2,(H,11,12)(H,17,18). The van der Waals surface area contributed by atoms with Gasteiger partial charge in [-0.15, -0.1) is 10.2 Å². The summed E-state index contributed by atoms with van der Waals surface area (Å²) in [6.07, 6.45) is 3.74. The van der Waals surface area contributed by atoms with Gasteiger partial charge in [-0.3, -0.25) is 9.20 Å². The first kappa shape index (κ1) is 9.51. The van der Waals surface area contributed by atoms with E-state index in [0.717, 1.165) is 0 Å². The van der Waals surface area contributed by atoms with Crippen LogP contribution in [0.2, 0.25) is 0 Å². The second-order valence-electron chi connectivity index (χ2n) is 4.38. The maximum absolute atomic E-state index is 10.9. The monoisotopic (exact) mass is 244 g/mol. The summed E-state index contributed by atoms with van der Waals surface area (Å²) in [5, 5.41) is 17.1. The van der Waals surface area contributed by atoms with Crippen LogP contribution in [0.4, 0.5) is 0 Å². The molecule has 3 heterocycles. The number of hydrogen-bond acceptors (Lipinski definition) is 5. The van der Waals surface area contributed by atoms with Gasteiger partial charge in [0.25, 0.3) is 0 Å². The molecule has 0 amide bonds. The smallest absolute Gasteiger partial charge is 0.307 e.